The fourth-order valence-electron chi connectivity index (χ4n) is 3.34. The van der Waals surface area contributed by atoms with E-state index in [-0.39, 0.29) is 16.8 Å². The Labute approximate surface area is 113 Å². The zero-order valence-corrected chi connectivity index (χ0v) is 13.4. The lowest BCUT2D eigenvalue weighted by molar-refractivity contribution is -0.0948. The van der Waals surface area contributed by atoms with E-state index in [0.717, 1.165) is 13.0 Å². The fraction of sp³-hybridized carbons (Fsp3) is 1.00. The molecule has 2 atom stereocenters. The Morgan fingerprint density at radius 2 is 1.89 bits per heavy atom. The average Bonchev–Trinajstić information content (AvgIpc) is 2.42. The highest BCUT2D eigenvalue weighted by molar-refractivity contribution is 5.04. The van der Waals surface area contributed by atoms with Crippen molar-refractivity contribution in [3.05, 3.63) is 0 Å². The van der Waals surface area contributed by atoms with Crippen LogP contribution in [0.3, 0.4) is 0 Å². The summed E-state index contributed by atoms with van der Waals surface area (Å²) in [7, 11) is 1.79. The highest BCUT2D eigenvalue weighted by Gasteiger charge is 2.52. The summed E-state index contributed by atoms with van der Waals surface area (Å²) in [6.07, 6.45) is 1.06. The van der Waals surface area contributed by atoms with Gasteiger partial charge in [-0.15, -0.1) is 0 Å². The van der Waals surface area contributed by atoms with Crippen molar-refractivity contribution in [3.8, 4) is 0 Å². The van der Waals surface area contributed by atoms with Gasteiger partial charge in [0.25, 0.3) is 0 Å². The zero-order chi connectivity index (χ0) is 14.2. The number of ether oxygens (including phenoxy) is 2. The molecule has 0 radical (unpaired) electrons. The van der Waals surface area contributed by atoms with Gasteiger partial charge in [-0.1, -0.05) is 6.92 Å². The van der Waals surface area contributed by atoms with Gasteiger partial charge in [0.1, 0.15) is 0 Å². The normalized spacial score (nSPS) is 28.3. The number of hydrogen-bond acceptors (Lipinski definition) is 3. The monoisotopic (exact) mass is 257 g/mol. The van der Waals surface area contributed by atoms with Gasteiger partial charge in [0.2, 0.25) is 0 Å². The van der Waals surface area contributed by atoms with E-state index in [0.29, 0.717) is 12.0 Å². The van der Waals surface area contributed by atoms with Crippen LogP contribution in [0.5, 0.6) is 0 Å². The molecule has 1 rings (SSSR count). The Bertz CT molecular complexity index is 284. The number of methoxy groups -OCH3 is 1. The van der Waals surface area contributed by atoms with Gasteiger partial charge in [0.05, 0.1) is 16.8 Å². The van der Waals surface area contributed by atoms with Crippen LogP contribution in [0.4, 0.5) is 0 Å². The molecule has 1 heterocycles. The van der Waals surface area contributed by atoms with E-state index in [9.17, 15) is 0 Å². The lowest BCUT2D eigenvalue weighted by Crippen LogP contribution is -2.56. The van der Waals surface area contributed by atoms with E-state index in [1.165, 1.54) is 0 Å². The van der Waals surface area contributed by atoms with Gasteiger partial charge >= 0.3 is 0 Å². The molecule has 0 aromatic heterocycles. The summed E-state index contributed by atoms with van der Waals surface area (Å²) in [5, 5.41) is 3.60. The first kappa shape index (κ1) is 15.9. The standard InChI is InChI=1S/C15H31NO2/c1-9-16-12(15(6,7)17-8)11-10-13(2,3)18-14(11,4)5/h11-12,16H,9-10H2,1-8H3. The van der Waals surface area contributed by atoms with E-state index in [1.807, 2.05) is 0 Å². The summed E-state index contributed by atoms with van der Waals surface area (Å²) in [5.41, 5.74) is -0.362. The molecule has 1 saturated heterocycles. The molecule has 0 bridgehead atoms. The molecule has 0 aliphatic carbocycles. The molecule has 3 heteroatoms. The maximum Gasteiger partial charge on any atom is 0.0778 e. The molecule has 2 unspecified atom stereocenters. The highest BCUT2D eigenvalue weighted by Crippen LogP contribution is 2.45. The highest BCUT2D eigenvalue weighted by atomic mass is 16.5. The summed E-state index contributed by atoms with van der Waals surface area (Å²) in [6, 6.07) is 0.296. The third-order valence-electron chi connectivity index (χ3n) is 4.25. The Morgan fingerprint density at radius 1 is 1.33 bits per heavy atom. The van der Waals surface area contributed by atoms with E-state index >= 15 is 0 Å². The Balaban J connectivity index is 3.00. The van der Waals surface area contributed by atoms with Crippen LogP contribution in [0, 0.1) is 5.92 Å². The van der Waals surface area contributed by atoms with Crippen LogP contribution in [0.15, 0.2) is 0 Å². The molecule has 0 aromatic carbocycles. The summed E-state index contributed by atoms with van der Waals surface area (Å²) in [6.45, 7) is 16.2. The van der Waals surface area contributed by atoms with Crippen molar-refractivity contribution >= 4 is 0 Å². The van der Waals surface area contributed by atoms with Crippen molar-refractivity contribution in [2.75, 3.05) is 13.7 Å². The third kappa shape index (κ3) is 3.25. The van der Waals surface area contributed by atoms with Crippen molar-refractivity contribution in [1.82, 2.24) is 5.32 Å². The Hall–Kier alpha value is -0.120. The molecule has 18 heavy (non-hydrogen) atoms. The average molecular weight is 257 g/mol. The van der Waals surface area contributed by atoms with Gasteiger partial charge < -0.3 is 14.8 Å². The molecular weight excluding hydrogens is 226 g/mol. The van der Waals surface area contributed by atoms with Crippen molar-refractivity contribution in [2.45, 2.75) is 77.7 Å². The minimum absolute atomic E-state index is 0.0499. The molecule has 1 N–H and O–H groups in total. The fourth-order valence-corrected chi connectivity index (χ4v) is 3.34. The van der Waals surface area contributed by atoms with Crippen LogP contribution in [0.1, 0.15) is 54.9 Å². The first-order chi connectivity index (χ1) is 8.06. The molecule has 0 spiro atoms. The van der Waals surface area contributed by atoms with Gasteiger partial charge in [0.15, 0.2) is 0 Å². The molecule has 1 aliphatic rings. The molecule has 108 valence electrons. The van der Waals surface area contributed by atoms with Crippen LogP contribution in [0.2, 0.25) is 0 Å². The number of rotatable bonds is 5. The number of nitrogens with one attached hydrogen (secondary N) is 1. The number of hydrogen-bond donors (Lipinski definition) is 1. The second-order valence-corrected chi connectivity index (χ2v) is 7.12. The van der Waals surface area contributed by atoms with Gasteiger partial charge in [-0.2, -0.15) is 0 Å². The predicted octanol–water partition coefficient (Wildman–Crippen LogP) is 2.98. The SMILES string of the molecule is CCNC(C1CC(C)(C)OC1(C)C)C(C)(C)OC. The van der Waals surface area contributed by atoms with E-state index < -0.39 is 0 Å². The Morgan fingerprint density at radius 3 is 2.22 bits per heavy atom. The minimum Gasteiger partial charge on any atom is -0.377 e. The molecule has 1 aliphatic heterocycles. The second kappa shape index (κ2) is 5.10. The van der Waals surface area contributed by atoms with Crippen LogP contribution >= 0.6 is 0 Å². The largest absolute Gasteiger partial charge is 0.377 e. The molecule has 0 amide bonds. The zero-order valence-electron chi connectivity index (χ0n) is 13.4. The van der Waals surface area contributed by atoms with Crippen molar-refractivity contribution in [3.63, 3.8) is 0 Å². The van der Waals surface area contributed by atoms with Gasteiger partial charge in [-0.05, 0) is 54.5 Å². The second-order valence-electron chi connectivity index (χ2n) is 7.12. The quantitative estimate of drug-likeness (QED) is 0.821. The summed E-state index contributed by atoms with van der Waals surface area (Å²) < 4.78 is 11.9. The van der Waals surface area contributed by atoms with Crippen LogP contribution in [-0.2, 0) is 9.47 Å². The smallest absolute Gasteiger partial charge is 0.0778 e. The minimum atomic E-state index is -0.193. The number of likely N-dealkylation sites (N-methyl/N-ethyl adjacent to an activating group) is 1. The molecular formula is C15H31NO2. The van der Waals surface area contributed by atoms with Crippen molar-refractivity contribution in [1.29, 1.82) is 0 Å². The van der Waals surface area contributed by atoms with Gasteiger partial charge in [0, 0.05) is 19.1 Å². The lowest BCUT2D eigenvalue weighted by atomic mass is 9.75. The van der Waals surface area contributed by atoms with Crippen LogP contribution < -0.4 is 5.32 Å². The molecule has 1 fully saturated rings. The van der Waals surface area contributed by atoms with Crippen molar-refractivity contribution < 1.29 is 9.47 Å². The molecule has 0 aromatic rings. The Kier molecular flexibility index (Phi) is 4.52. The maximum atomic E-state index is 6.22. The first-order valence-electron chi connectivity index (χ1n) is 7.04. The van der Waals surface area contributed by atoms with Gasteiger partial charge in [-0.3, -0.25) is 0 Å². The maximum absolute atomic E-state index is 6.22. The lowest BCUT2D eigenvalue weighted by Gasteiger charge is -2.42. The topological polar surface area (TPSA) is 30.5 Å². The van der Waals surface area contributed by atoms with E-state index in [2.05, 4.69) is 53.8 Å². The molecule has 0 saturated carbocycles. The summed E-state index contributed by atoms with van der Waals surface area (Å²) in [5.74, 6) is 0.447. The third-order valence-corrected chi connectivity index (χ3v) is 4.25. The summed E-state index contributed by atoms with van der Waals surface area (Å²) >= 11 is 0. The summed E-state index contributed by atoms with van der Waals surface area (Å²) in [4.78, 5) is 0. The van der Waals surface area contributed by atoms with Crippen LogP contribution in [0.25, 0.3) is 0 Å². The van der Waals surface area contributed by atoms with E-state index in [1.54, 1.807) is 7.11 Å². The first-order valence-corrected chi connectivity index (χ1v) is 7.04. The molecule has 3 nitrogen and oxygen atoms in total. The van der Waals surface area contributed by atoms with Crippen LogP contribution in [-0.4, -0.2) is 36.5 Å². The van der Waals surface area contributed by atoms with Crippen molar-refractivity contribution in [2.24, 2.45) is 5.92 Å². The van der Waals surface area contributed by atoms with E-state index in [4.69, 9.17) is 9.47 Å². The van der Waals surface area contributed by atoms with Gasteiger partial charge in [-0.25, -0.2) is 0 Å². The predicted molar refractivity (Wildman–Crippen MR) is 75.9 cm³/mol.